The summed E-state index contributed by atoms with van der Waals surface area (Å²) in [5.41, 5.74) is 0. The van der Waals surface area contributed by atoms with Gasteiger partial charge in [0.05, 0.1) is 33.4 Å². The van der Waals surface area contributed by atoms with E-state index in [1.807, 2.05) is 7.05 Å². The second-order valence-electron chi connectivity index (χ2n) is 6.17. The molecule has 0 aliphatic carbocycles. The molecule has 0 aromatic rings. The summed E-state index contributed by atoms with van der Waals surface area (Å²) in [6, 6.07) is 0. The number of hydrogen-bond acceptors (Lipinski definition) is 5. The summed E-state index contributed by atoms with van der Waals surface area (Å²) in [5.74, 6) is -0.887. The molecule has 7 nitrogen and oxygen atoms in total. The minimum atomic E-state index is -0.957. The molecule has 0 aromatic carbocycles. The van der Waals surface area contributed by atoms with Crippen molar-refractivity contribution in [2.75, 3.05) is 46.5 Å². The molecule has 3 atom stereocenters. The predicted molar refractivity (Wildman–Crippen MR) is 82.5 cm³/mol. The molecule has 22 heavy (non-hydrogen) atoms. The summed E-state index contributed by atoms with van der Waals surface area (Å²) in [5, 5.41) is 36.9. The van der Waals surface area contributed by atoms with Crippen molar-refractivity contribution in [1.29, 1.82) is 0 Å². The fourth-order valence-corrected chi connectivity index (χ4v) is 2.44. The number of ether oxygens (including phenoxy) is 1. The van der Waals surface area contributed by atoms with Crippen molar-refractivity contribution in [2.45, 2.75) is 44.8 Å². The van der Waals surface area contributed by atoms with E-state index in [0.717, 1.165) is 25.7 Å². The quantitative estimate of drug-likeness (QED) is 0.261. The van der Waals surface area contributed by atoms with Crippen molar-refractivity contribution in [3.8, 4) is 0 Å². The first kappa shape index (κ1) is 21.3. The minimum Gasteiger partial charge on any atom is -0.477 e. The van der Waals surface area contributed by atoms with Crippen molar-refractivity contribution < 1.29 is 34.4 Å². The van der Waals surface area contributed by atoms with Gasteiger partial charge in [0.15, 0.2) is 6.54 Å². The van der Waals surface area contributed by atoms with Crippen LogP contribution in [-0.2, 0) is 9.53 Å². The average molecular weight is 322 g/mol. The SMILES string of the molecule is CCCCCC[N+](C)(CC(=O)O)CC(O)COCC(O)CO. The molecule has 0 amide bonds. The average Bonchev–Trinajstić information content (AvgIpc) is 2.42. The van der Waals surface area contributed by atoms with Crippen LogP contribution in [-0.4, -0.2) is 89.6 Å². The summed E-state index contributed by atoms with van der Waals surface area (Å²) in [6.07, 6.45) is 2.46. The largest absolute Gasteiger partial charge is 0.477 e. The van der Waals surface area contributed by atoms with Crippen LogP contribution in [0.3, 0.4) is 0 Å². The summed E-state index contributed by atoms with van der Waals surface area (Å²) in [6.45, 7) is 2.64. The molecule has 0 aromatic heterocycles. The third kappa shape index (κ3) is 10.9. The predicted octanol–water partition coefficient (Wildman–Crippen LogP) is -0.171. The van der Waals surface area contributed by atoms with E-state index < -0.39 is 18.2 Å². The second kappa shape index (κ2) is 11.8. The van der Waals surface area contributed by atoms with Crippen LogP contribution in [0.15, 0.2) is 0 Å². The van der Waals surface area contributed by atoms with Crippen molar-refractivity contribution in [3.05, 3.63) is 0 Å². The van der Waals surface area contributed by atoms with Gasteiger partial charge >= 0.3 is 5.97 Å². The first-order chi connectivity index (χ1) is 10.3. The molecule has 0 radical (unpaired) electrons. The number of quaternary nitrogens is 1. The zero-order chi connectivity index (χ0) is 17.0. The molecular weight excluding hydrogens is 290 g/mol. The zero-order valence-electron chi connectivity index (χ0n) is 13.8. The number of aliphatic carboxylic acids is 1. The van der Waals surface area contributed by atoms with Gasteiger partial charge in [0.1, 0.15) is 18.8 Å². The first-order valence-electron chi connectivity index (χ1n) is 7.93. The number of rotatable bonds is 14. The fourth-order valence-electron chi connectivity index (χ4n) is 2.44. The number of aliphatic hydroxyl groups excluding tert-OH is 3. The van der Waals surface area contributed by atoms with Crippen LogP contribution in [0.2, 0.25) is 0 Å². The Bertz CT molecular complexity index is 302. The normalized spacial score (nSPS) is 17.0. The Hall–Kier alpha value is -0.730. The highest BCUT2D eigenvalue weighted by molar-refractivity contribution is 5.67. The van der Waals surface area contributed by atoms with E-state index in [1.165, 1.54) is 0 Å². The van der Waals surface area contributed by atoms with E-state index in [2.05, 4.69) is 6.92 Å². The number of nitrogens with zero attached hydrogens (tertiary/aromatic N) is 1. The maximum absolute atomic E-state index is 11.0. The fraction of sp³-hybridized carbons (Fsp3) is 0.933. The number of aliphatic hydroxyl groups is 3. The van der Waals surface area contributed by atoms with E-state index >= 15 is 0 Å². The first-order valence-corrected chi connectivity index (χ1v) is 7.93. The lowest BCUT2D eigenvalue weighted by Gasteiger charge is -2.34. The number of likely N-dealkylation sites (N-methyl/N-ethyl adjacent to an activating group) is 1. The van der Waals surface area contributed by atoms with Crippen molar-refractivity contribution in [2.24, 2.45) is 0 Å². The van der Waals surface area contributed by atoms with Crippen LogP contribution in [0.1, 0.15) is 32.6 Å². The molecule has 3 unspecified atom stereocenters. The van der Waals surface area contributed by atoms with Gasteiger partial charge in [-0.2, -0.15) is 0 Å². The summed E-state index contributed by atoms with van der Waals surface area (Å²) in [7, 11) is 1.83. The second-order valence-corrected chi connectivity index (χ2v) is 6.17. The lowest BCUT2D eigenvalue weighted by atomic mass is 10.1. The molecular formula is C15H32NO6+. The van der Waals surface area contributed by atoms with Crippen LogP contribution >= 0.6 is 0 Å². The van der Waals surface area contributed by atoms with Crippen LogP contribution in [0.5, 0.6) is 0 Å². The highest BCUT2D eigenvalue weighted by Gasteiger charge is 2.28. The Morgan fingerprint density at radius 2 is 1.77 bits per heavy atom. The molecule has 7 heteroatoms. The van der Waals surface area contributed by atoms with Gasteiger partial charge in [-0.3, -0.25) is 0 Å². The van der Waals surface area contributed by atoms with Gasteiger partial charge in [-0.1, -0.05) is 19.8 Å². The van der Waals surface area contributed by atoms with E-state index in [0.29, 0.717) is 6.54 Å². The number of unbranched alkanes of at least 4 members (excludes halogenated alkanes) is 3. The number of carbonyl (C=O) groups is 1. The van der Waals surface area contributed by atoms with Gasteiger partial charge < -0.3 is 29.6 Å². The van der Waals surface area contributed by atoms with Crippen molar-refractivity contribution in [3.63, 3.8) is 0 Å². The van der Waals surface area contributed by atoms with E-state index in [9.17, 15) is 9.90 Å². The Kier molecular flexibility index (Phi) is 11.4. The Morgan fingerprint density at radius 3 is 2.32 bits per heavy atom. The van der Waals surface area contributed by atoms with Gasteiger partial charge in [0.2, 0.25) is 0 Å². The maximum atomic E-state index is 11.0. The molecule has 0 saturated carbocycles. The lowest BCUT2D eigenvalue weighted by Crippen LogP contribution is -2.53. The highest BCUT2D eigenvalue weighted by Crippen LogP contribution is 2.10. The molecule has 0 fully saturated rings. The molecule has 0 spiro atoms. The third-order valence-corrected chi connectivity index (χ3v) is 3.55. The topological polar surface area (TPSA) is 107 Å². The third-order valence-electron chi connectivity index (χ3n) is 3.55. The number of carboxylic acid groups (broad SMARTS) is 1. The van der Waals surface area contributed by atoms with Gasteiger partial charge in [-0.15, -0.1) is 0 Å². The molecule has 0 heterocycles. The van der Waals surface area contributed by atoms with Crippen LogP contribution in [0.25, 0.3) is 0 Å². The Balaban J connectivity index is 4.27. The van der Waals surface area contributed by atoms with Gasteiger partial charge in [-0.25, -0.2) is 4.79 Å². The van der Waals surface area contributed by atoms with Crippen LogP contribution < -0.4 is 0 Å². The van der Waals surface area contributed by atoms with E-state index in [-0.39, 0.29) is 37.4 Å². The maximum Gasteiger partial charge on any atom is 0.359 e. The standard InChI is InChI=1S/C15H31NO6/c1-3-4-5-6-7-16(2,9-15(20)21)8-13(18)11-22-12-14(19)10-17/h13-14,17-19H,3-12H2,1-2H3/p+1. The summed E-state index contributed by atoms with van der Waals surface area (Å²) >= 11 is 0. The van der Waals surface area contributed by atoms with Gasteiger partial charge in [-0.05, 0) is 12.8 Å². The monoisotopic (exact) mass is 322 g/mol. The molecule has 0 rings (SSSR count). The van der Waals surface area contributed by atoms with E-state index in [1.54, 1.807) is 0 Å². The van der Waals surface area contributed by atoms with E-state index in [4.69, 9.17) is 20.1 Å². The van der Waals surface area contributed by atoms with Gasteiger partial charge in [0, 0.05) is 0 Å². The number of hydrogen-bond donors (Lipinski definition) is 4. The number of carboxylic acids is 1. The summed E-state index contributed by atoms with van der Waals surface area (Å²) in [4.78, 5) is 11.0. The smallest absolute Gasteiger partial charge is 0.359 e. The molecule has 132 valence electrons. The molecule has 0 aliphatic heterocycles. The zero-order valence-corrected chi connectivity index (χ0v) is 13.8. The summed E-state index contributed by atoms with van der Waals surface area (Å²) < 4.78 is 5.38. The molecule has 4 N–H and O–H groups in total. The molecule has 0 aliphatic rings. The lowest BCUT2D eigenvalue weighted by molar-refractivity contribution is -0.905. The molecule has 0 saturated heterocycles. The Labute approximate surface area is 132 Å². The Morgan fingerprint density at radius 1 is 1.14 bits per heavy atom. The molecule has 0 bridgehead atoms. The minimum absolute atomic E-state index is 0.0134. The van der Waals surface area contributed by atoms with Gasteiger partial charge in [0.25, 0.3) is 0 Å². The van der Waals surface area contributed by atoms with Crippen LogP contribution in [0, 0.1) is 0 Å². The highest BCUT2D eigenvalue weighted by atomic mass is 16.5. The van der Waals surface area contributed by atoms with Crippen LogP contribution in [0.4, 0.5) is 0 Å². The van der Waals surface area contributed by atoms with Crippen molar-refractivity contribution in [1.82, 2.24) is 0 Å². The van der Waals surface area contributed by atoms with Crippen molar-refractivity contribution >= 4 is 5.97 Å².